The quantitative estimate of drug-likeness (QED) is 0.772. The van der Waals surface area contributed by atoms with Gasteiger partial charge in [0.2, 0.25) is 0 Å². The molecule has 144 valence electrons. The zero-order chi connectivity index (χ0) is 19.4. The van der Waals surface area contributed by atoms with E-state index in [1.165, 1.54) is 6.20 Å². The lowest BCUT2D eigenvalue weighted by atomic mass is 9.85. The molecule has 0 bridgehead atoms. The minimum Gasteiger partial charge on any atom is -0.352 e. The van der Waals surface area contributed by atoms with Gasteiger partial charge in [-0.2, -0.15) is 13.2 Å². The van der Waals surface area contributed by atoms with E-state index in [0.29, 0.717) is 37.0 Å². The van der Waals surface area contributed by atoms with Gasteiger partial charge in [0.05, 0.1) is 17.0 Å². The number of para-hydroxylation sites is 1. The van der Waals surface area contributed by atoms with Crippen molar-refractivity contribution in [3.8, 4) is 0 Å². The van der Waals surface area contributed by atoms with Crippen molar-refractivity contribution in [3.05, 3.63) is 47.7 Å². The van der Waals surface area contributed by atoms with Crippen LogP contribution in [0.1, 0.15) is 41.6 Å². The Kier molecular flexibility index (Phi) is 5.79. The molecule has 0 radical (unpaired) electrons. The van der Waals surface area contributed by atoms with Gasteiger partial charge in [0.25, 0.3) is 5.91 Å². The number of carbonyl (C=O) groups excluding carboxylic acids is 1. The summed E-state index contributed by atoms with van der Waals surface area (Å²) in [5.41, 5.74) is 8.29. The number of hydrogen-bond donors (Lipinski definition) is 2. The summed E-state index contributed by atoms with van der Waals surface area (Å²) in [5.74, 6) is -1.49. The molecular weight excluding hydrogens is 355 g/mol. The topological polar surface area (TPSA) is 68.0 Å². The molecule has 7 heteroatoms. The lowest BCUT2D eigenvalue weighted by molar-refractivity contribution is -0.175. The molecule has 4 nitrogen and oxygen atoms in total. The Hall–Kier alpha value is -2.41. The zero-order valence-electron chi connectivity index (χ0n) is 14.9. The minimum atomic E-state index is -4.15. The van der Waals surface area contributed by atoms with E-state index < -0.39 is 12.1 Å². The molecule has 0 saturated heterocycles. The maximum Gasteiger partial charge on any atom is 0.392 e. The Morgan fingerprint density at radius 2 is 2.15 bits per heavy atom. The highest BCUT2D eigenvalue weighted by molar-refractivity contribution is 5.99. The van der Waals surface area contributed by atoms with Crippen molar-refractivity contribution in [2.45, 2.75) is 31.9 Å². The van der Waals surface area contributed by atoms with Crippen molar-refractivity contribution in [2.24, 2.45) is 11.7 Å². The number of halogens is 3. The normalized spacial score (nSPS) is 17.6. The molecular formula is C20H22F3N3O. The number of rotatable bonds is 5. The fourth-order valence-corrected chi connectivity index (χ4v) is 3.33. The Balaban J connectivity index is 1.84. The lowest BCUT2D eigenvalue weighted by Crippen LogP contribution is -2.26. The average molecular weight is 377 g/mol. The van der Waals surface area contributed by atoms with Crippen LogP contribution < -0.4 is 11.1 Å². The Labute approximate surface area is 155 Å². The van der Waals surface area contributed by atoms with Crippen molar-refractivity contribution < 1.29 is 18.0 Å². The number of nitrogens with two attached hydrogens (primary N) is 1. The van der Waals surface area contributed by atoms with Crippen LogP contribution in [0.3, 0.4) is 0 Å². The predicted molar refractivity (Wildman–Crippen MR) is 99.1 cm³/mol. The van der Waals surface area contributed by atoms with E-state index in [-0.39, 0.29) is 18.7 Å². The molecule has 1 aromatic heterocycles. The van der Waals surface area contributed by atoms with E-state index in [1.807, 2.05) is 18.2 Å². The highest BCUT2D eigenvalue weighted by Gasteiger charge is 2.39. The number of alkyl halides is 3. The third kappa shape index (κ3) is 4.47. The van der Waals surface area contributed by atoms with Gasteiger partial charge in [-0.3, -0.25) is 9.78 Å². The molecule has 3 N–H and O–H groups in total. The summed E-state index contributed by atoms with van der Waals surface area (Å²) < 4.78 is 38.6. The third-order valence-electron chi connectivity index (χ3n) is 4.86. The molecule has 0 fully saturated rings. The van der Waals surface area contributed by atoms with Gasteiger partial charge < -0.3 is 11.1 Å². The van der Waals surface area contributed by atoms with Gasteiger partial charge in [-0.25, -0.2) is 0 Å². The van der Waals surface area contributed by atoms with Gasteiger partial charge in [0.15, 0.2) is 0 Å². The zero-order valence-corrected chi connectivity index (χ0v) is 14.9. The molecule has 0 aliphatic heterocycles. The first kappa shape index (κ1) is 19.4. The largest absolute Gasteiger partial charge is 0.392 e. The van der Waals surface area contributed by atoms with Crippen LogP contribution in [0.4, 0.5) is 13.2 Å². The third-order valence-corrected chi connectivity index (χ3v) is 4.86. The van der Waals surface area contributed by atoms with Gasteiger partial charge in [-0.05, 0) is 43.9 Å². The van der Waals surface area contributed by atoms with E-state index in [9.17, 15) is 18.0 Å². The molecule has 1 aliphatic carbocycles. The summed E-state index contributed by atoms with van der Waals surface area (Å²) in [7, 11) is 0. The summed E-state index contributed by atoms with van der Waals surface area (Å²) in [6, 6.07) is 7.32. The summed E-state index contributed by atoms with van der Waals surface area (Å²) in [6.07, 6.45) is 0.183. The van der Waals surface area contributed by atoms with Crippen molar-refractivity contribution in [1.82, 2.24) is 10.3 Å². The molecule has 1 atom stereocenters. The van der Waals surface area contributed by atoms with Crippen LogP contribution in [0.5, 0.6) is 0 Å². The molecule has 0 spiro atoms. The summed E-state index contributed by atoms with van der Waals surface area (Å²) in [6.45, 7) is 1.00. The summed E-state index contributed by atoms with van der Waals surface area (Å²) in [4.78, 5) is 16.6. The van der Waals surface area contributed by atoms with Gasteiger partial charge in [-0.1, -0.05) is 24.3 Å². The molecule has 1 aliphatic rings. The number of amides is 1. The first-order valence-electron chi connectivity index (χ1n) is 9.03. The number of pyridine rings is 1. The highest BCUT2D eigenvalue weighted by Crippen LogP contribution is 2.40. The minimum absolute atomic E-state index is 0.00312. The van der Waals surface area contributed by atoms with Gasteiger partial charge in [-0.15, -0.1) is 0 Å². The van der Waals surface area contributed by atoms with E-state index in [2.05, 4.69) is 10.3 Å². The van der Waals surface area contributed by atoms with Crippen molar-refractivity contribution >= 4 is 22.4 Å². The molecule has 2 aromatic rings. The van der Waals surface area contributed by atoms with Gasteiger partial charge in [0.1, 0.15) is 0 Å². The van der Waals surface area contributed by atoms with Crippen molar-refractivity contribution in [3.63, 3.8) is 0 Å². The Bertz CT molecular complexity index is 861. The second-order valence-electron chi connectivity index (χ2n) is 6.74. The van der Waals surface area contributed by atoms with Crippen LogP contribution in [0.2, 0.25) is 0 Å². The SMILES string of the molecule is NCCCNC(=O)c1cnc2c(C3=CC[C@@H](C(F)(F)F)CC3)cccc2c1. The monoisotopic (exact) mass is 377 g/mol. The molecule has 0 saturated carbocycles. The number of aromatic nitrogens is 1. The molecule has 1 aromatic carbocycles. The molecule has 1 heterocycles. The van der Waals surface area contributed by atoms with Crippen LogP contribution in [-0.2, 0) is 0 Å². The van der Waals surface area contributed by atoms with Gasteiger partial charge >= 0.3 is 6.18 Å². The number of nitrogens with zero attached hydrogens (tertiary/aromatic N) is 1. The second kappa shape index (κ2) is 8.08. The van der Waals surface area contributed by atoms with E-state index in [4.69, 9.17) is 5.73 Å². The highest BCUT2D eigenvalue weighted by atomic mass is 19.4. The predicted octanol–water partition coefficient (Wildman–Crippen LogP) is 4.06. The van der Waals surface area contributed by atoms with Crippen molar-refractivity contribution in [1.29, 1.82) is 0 Å². The molecule has 0 unspecified atom stereocenters. The number of nitrogens with one attached hydrogen (secondary N) is 1. The Morgan fingerprint density at radius 1 is 1.33 bits per heavy atom. The molecule has 3 rings (SSSR count). The maximum absolute atomic E-state index is 12.9. The first-order valence-corrected chi connectivity index (χ1v) is 9.03. The summed E-state index contributed by atoms with van der Waals surface area (Å²) >= 11 is 0. The molecule has 27 heavy (non-hydrogen) atoms. The average Bonchev–Trinajstić information content (AvgIpc) is 2.66. The smallest absolute Gasteiger partial charge is 0.352 e. The van der Waals surface area contributed by atoms with Crippen LogP contribution in [0.25, 0.3) is 16.5 Å². The molecule has 1 amide bonds. The van der Waals surface area contributed by atoms with E-state index in [0.717, 1.165) is 16.5 Å². The first-order chi connectivity index (χ1) is 12.9. The Morgan fingerprint density at radius 3 is 2.81 bits per heavy atom. The summed E-state index contributed by atoms with van der Waals surface area (Å²) in [5, 5.41) is 3.57. The fraction of sp³-hybridized carbons (Fsp3) is 0.400. The van der Waals surface area contributed by atoms with Crippen LogP contribution in [0.15, 0.2) is 36.5 Å². The fourth-order valence-electron chi connectivity index (χ4n) is 3.33. The number of benzene rings is 1. The van der Waals surface area contributed by atoms with E-state index in [1.54, 1.807) is 12.1 Å². The van der Waals surface area contributed by atoms with Crippen molar-refractivity contribution in [2.75, 3.05) is 13.1 Å². The van der Waals surface area contributed by atoms with Crippen LogP contribution in [-0.4, -0.2) is 30.2 Å². The number of allylic oxidation sites excluding steroid dienone is 2. The standard InChI is InChI=1S/C20H22F3N3O/c21-20(22,23)16-7-5-13(6-8-16)17-4-1-3-14-11-15(12-26-18(14)17)19(27)25-10-2-9-24/h1,3-5,11-12,16H,2,6-10,24H2,(H,25,27)/t16-/m1/s1. The van der Waals surface area contributed by atoms with Gasteiger partial charge in [0, 0.05) is 23.7 Å². The second-order valence-corrected chi connectivity index (χ2v) is 6.74. The van der Waals surface area contributed by atoms with Crippen LogP contribution in [0, 0.1) is 5.92 Å². The maximum atomic E-state index is 12.9. The lowest BCUT2D eigenvalue weighted by Gasteiger charge is -2.24. The van der Waals surface area contributed by atoms with Crippen LogP contribution >= 0.6 is 0 Å². The van der Waals surface area contributed by atoms with E-state index >= 15 is 0 Å². The number of fused-ring (bicyclic) bond motifs is 1. The number of carbonyl (C=O) groups is 1. The number of hydrogen-bond acceptors (Lipinski definition) is 3.